The molecule has 4 heteroatoms. The van der Waals surface area contributed by atoms with E-state index in [1.807, 2.05) is 24.3 Å². The minimum atomic E-state index is 0.525. The lowest BCUT2D eigenvalue weighted by Gasteiger charge is -2.28. The van der Waals surface area contributed by atoms with Crippen molar-refractivity contribution in [3.05, 3.63) is 115 Å². The summed E-state index contributed by atoms with van der Waals surface area (Å²) in [7, 11) is 0. The van der Waals surface area contributed by atoms with Gasteiger partial charge in [0.15, 0.2) is 0 Å². The van der Waals surface area contributed by atoms with Gasteiger partial charge in [0.25, 0.3) is 0 Å². The molecule has 5 aromatic carbocycles. The Hall–Kier alpha value is -4.70. The lowest BCUT2D eigenvalue weighted by molar-refractivity contribution is 0.609. The first-order valence-electron chi connectivity index (χ1n) is 13.6. The van der Waals surface area contributed by atoms with Crippen LogP contribution in [-0.2, 0) is 6.54 Å². The van der Waals surface area contributed by atoms with E-state index in [0.717, 1.165) is 63.0 Å². The molecule has 0 unspecified atom stereocenters. The van der Waals surface area contributed by atoms with Crippen LogP contribution in [0.1, 0.15) is 19.4 Å². The highest BCUT2D eigenvalue weighted by molar-refractivity contribution is 6.23. The Morgan fingerprint density at radius 3 is 2.23 bits per heavy atom. The zero-order valence-electron chi connectivity index (χ0n) is 22.3. The second kappa shape index (κ2) is 9.25. The van der Waals surface area contributed by atoms with Crippen LogP contribution in [0.5, 0.6) is 0 Å². The topological polar surface area (TPSA) is 47.3 Å². The van der Waals surface area contributed by atoms with Gasteiger partial charge in [-0.05, 0) is 60.0 Å². The first-order chi connectivity index (χ1) is 19.1. The van der Waals surface area contributed by atoms with Crippen LogP contribution in [0, 0.1) is 5.92 Å². The summed E-state index contributed by atoms with van der Waals surface area (Å²) in [5.74, 6) is 0.525. The molecule has 0 bridgehead atoms. The third-order valence-electron chi connectivity index (χ3n) is 7.61. The monoisotopic (exact) mass is 509 g/mol. The Morgan fingerprint density at radius 2 is 1.44 bits per heavy atom. The molecule has 2 heterocycles. The molecule has 2 N–H and O–H groups in total. The van der Waals surface area contributed by atoms with Crippen molar-refractivity contribution in [3.63, 3.8) is 0 Å². The van der Waals surface area contributed by atoms with Crippen molar-refractivity contribution in [2.75, 3.05) is 17.2 Å². The molecule has 0 aliphatic heterocycles. The van der Waals surface area contributed by atoms with Gasteiger partial charge in [0.05, 0.1) is 27.8 Å². The molecule has 4 nitrogen and oxygen atoms in total. The van der Waals surface area contributed by atoms with Crippen LogP contribution < -0.4 is 10.6 Å². The SMILES string of the molecule is CC(C)CN(Cc1ccc(-n2c3ccccc3c3c4oc5ccccc5c4ccc32)cc1)c1ccccc1N. The van der Waals surface area contributed by atoms with Crippen molar-refractivity contribution >= 4 is 55.1 Å². The maximum absolute atomic E-state index is 6.44. The highest BCUT2D eigenvalue weighted by Crippen LogP contribution is 2.40. The van der Waals surface area contributed by atoms with Crippen molar-refractivity contribution in [2.45, 2.75) is 20.4 Å². The molecule has 0 amide bonds. The number of fused-ring (bicyclic) bond motifs is 7. The Labute approximate surface area is 227 Å². The van der Waals surface area contributed by atoms with E-state index in [1.165, 1.54) is 16.5 Å². The molecular formula is C35H31N3O. The van der Waals surface area contributed by atoms with E-state index in [0.29, 0.717) is 5.92 Å². The number of aromatic nitrogens is 1. The molecule has 0 radical (unpaired) electrons. The summed E-state index contributed by atoms with van der Waals surface area (Å²) in [4.78, 5) is 2.38. The van der Waals surface area contributed by atoms with E-state index in [1.54, 1.807) is 0 Å². The summed E-state index contributed by atoms with van der Waals surface area (Å²) in [6.07, 6.45) is 0. The fourth-order valence-electron chi connectivity index (χ4n) is 5.95. The van der Waals surface area contributed by atoms with E-state index in [2.05, 4.69) is 108 Å². The first-order valence-corrected chi connectivity index (χ1v) is 13.6. The zero-order chi connectivity index (χ0) is 26.5. The van der Waals surface area contributed by atoms with Gasteiger partial charge in [0, 0.05) is 34.9 Å². The number of anilines is 2. The van der Waals surface area contributed by atoms with E-state index < -0.39 is 0 Å². The lowest BCUT2D eigenvalue weighted by atomic mass is 10.1. The van der Waals surface area contributed by atoms with Crippen LogP contribution in [0.2, 0.25) is 0 Å². The number of benzene rings is 5. The molecule has 0 atom stereocenters. The van der Waals surface area contributed by atoms with Crippen molar-refractivity contribution in [2.24, 2.45) is 5.92 Å². The Morgan fingerprint density at radius 1 is 0.718 bits per heavy atom. The molecule has 192 valence electrons. The van der Waals surface area contributed by atoms with Crippen molar-refractivity contribution in [1.82, 2.24) is 4.57 Å². The van der Waals surface area contributed by atoms with Gasteiger partial charge in [0.2, 0.25) is 0 Å². The van der Waals surface area contributed by atoms with Crippen LogP contribution >= 0.6 is 0 Å². The largest absolute Gasteiger partial charge is 0.455 e. The maximum Gasteiger partial charge on any atom is 0.145 e. The third-order valence-corrected chi connectivity index (χ3v) is 7.61. The van der Waals surface area contributed by atoms with Crippen molar-refractivity contribution in [1.29, 1.82) is 0 Å². The molecule has 7 rings (SSSR count). The van der Waals surface area contributed by atoms with Gasteiger partial charge < -0.3 is 19.6 Å². The first kappa shape index (κ1) is 23.4. The second-order valence-electron chi connectivity index (χ2n) is 10.8. The van der Waals surface area contributed by atoms with E-state index in [4.69, 9.17) is 10.2 Å². The second-order valence-corrected chi connectivity index (χ2v) is 10.8. The molecule has 0 aliphatic rings. The van der Waals surface area contributed by atoms with Gasteiger partial charge in [-0.1, -0.05) is 74.5 Å². The summed E-state index contributed by atoms with van der Waals surface area (Å²) < 4.78 is 8.79. The highest BCUT2D eigenvalue weighted by atomic mass is 16.3. The summed E-state index contributed by atoms with van der Waals surface area (Å²) >= 11 is 0. The molecule has 7 aromatic rings. The molecule has 0 fully saturated rings. The standard InChI is InChI=1S/C35H31N3O/c1-23(2)21-37(31-13-7-5-11-29(31)36)22-24-15-17-25(18-16-24)38-30-12-6-3-10-28(30)34-32(38)20-19-27-26-9-4-8-14-33(26)39-35(27)34/h3-20,23H,21-22,36H2,1-2H3. The maximum atomic E-state index is 6.44. The normalized spacial score (nSPS) is 11.9. The number of nitrogens with two attached hydrogens (primary N) is 1. The van der Waals surface area contributed by atoms with Crippen molar-refractivity contribution < 1.29 is 4.42 Å². The van der Waals surface area contributed by atoms with Crippen LogP contribution in [0.25, 0.3) is 49.4 Å². The molecule has 39 heavy (non-hydrogen) atoms. The molecule has 0 spiro atoms. The van der Waals surface area contributed by atoms with E-state index in [-0.39, 0.29) is 0 Å². The fraction of sp³-hybridized carbons (Fsp3) is 0.143. The average Bonchev–Trinajstić information content (AvgIpc) is 3.49. The van der Waals surface area contributed by atoms with Crippen molar-refractivity contribution in [3.8, 4) is 5.69 Å². The Balaban J connectivity index is 1.33. The number of furan rings is 1. The van der Waals surface area contributed by atoms with Crippen LogP contribution in [0.15, 0.2) is 114 Å². The van der Waals surface area contributed by atoms with E-state index in [9.17, 15) is 0 Å². The molecule has 0 aliphatic carbocycles. The van der Waals surface area contributed by atoms with Gasteiger partial charge in [-0.15, -0.1) is 0 Å². The van der Waals surface area contributed by atoms with E-state index >= 15 is 0 Å². The summed E-state index contributed by atoms with van der Waals surface area (Å²) in [6, 6.07) is 38.4. The molecule has 0 saturated heterocycles. The highest BCUT2D eigenvalue weighted by Gasteiger charge is 2.18. The van der Waals surface area contributed by atoms with Gasteiger partial charge in [0.1, 0.15) is 11.2 Å². The fourth-order valence-corrected chi connectivity index (χ4v) is 5.95. The number of hydrogen-bond acceptors (Lipinski definition) is 3. The lowest BCUT2D eigenvalue weighted by Crippen LogP contribution is -2.27. The number of nitrogen functional groups attached to an aromatic ring is 1. The predicted octanol–water partition coefficient (Wildman–Crippen LogP) is 8.93. The van der Waals surface area contributed by atoms with Crippen LogP contribution in [-0.4, -0.2) is 11.1 Å². The summed E-state index contributed by atoms with van der Waals surface area (Å²) in [6.45, 7) is 6.24. The molecule has 2 aromatic heterocycles. The number of hydrogen-bond donors (Lipinski definition) is 1. The predicted molar refractivity (Wildman–Crippen MR) is 165 cm³/mol. The smallest absolute Gasteiger partial charge is 0.145 e. The van der Waals surface area contributed by atoms with Crippen LogP contribution in [0.3, 0.4) is 0 Å². The minimum Gasteiger partial charge on any atom is -0.455 e. The Bertz CT molecular complexity index is 1960. The van der Waals surface area contributed by atoms with Gasteiger partial charge in [-0.25, -0.2) is 0 Å². The number of rotatable bonds is 6. The summed E-state index contributed by atoms with van der Waals surface area (Å²) in [5, 5.41) is 4.66. The molecular weight excluding hydrogens is 478 g/mol. The third kappa shape index (κ3) is 3.91. The van der Waals surface area contributed by atoms with Gasteiger partial charge in [-0.3, -0.25) is 0 Å². The quantitative estimate of drug-likeness (QED) is 0.228. The minimum absolute atomic E-state index is 0.525. The van der Waals surface area contributed by atoms with Crippen LogP contribution in [0.4, 0.5) is 11.4 Å². The number of para-hydroxylation sites is 4. The zero-order valence-corrected chi connectivity index (χ0v) is 22.3. The number of nitrogens with zero attached hydrogens (tertiary/aromatic N) is 2. The molecule has 0 saturated carbocycles. The van der Waals surface area contributed by atoms with Gasteiger partial charge in [-0.2, -0.15) is 0 Å². The summed E-state index contributed by atoms with van der Waals surface area (Å²) in [5.41, 5.74) is 14.8. The van der Waals surface area contributed by atoms with Gasteiger partial charge >= 0.3 is 0 Å². The Kier molecular flexibility index (Phi) is 5.55. The average molecular weight is 510 g/mol.